The Balaban J connectivity index is 1.93. The number of amides is 1. The van der Waals surface area contributed by atoms with E-state index in [4.69, 9.17) is 9.47 Å². The van der Waals surface area contributed by atoms with Crippen LogP contribution in [0.25, 0.3) is 0 Å². The van der Waals surface area contributed by atoms with Crippen LogP contribution in [-0.4, -0.2) is 33.3 Å². The van der Waals surface area contributed by atoms with Crippen molar-refractivity contribution in [1.82, 2.24) is 0 Å². The monoisotopic (exact) mass is 378 g/mol. The van der Waals surface area contributed by atoms with Gasteiger partial charge in [-0.25, -0.2) is 8.42 Å². The summed E-state index contributed by atoms with van der Waals surface area (Å²) in [5, 5.41) is 2.53. The van der Waals surface area contributed by atoms with Gasteiger partial charge in [0.05, 0.1) is 13.2 Å². The number of hydrogen-bond donors (Lipinski definition) is 2. The summed E-state index contributed by atoms with van der Waals surface area (Å²) >= 11 is 0. The average molecular weight is 378 g/mol. The molecule has 0 unspecified atom stereocenters. The molecule has 0 heterocycles. The van der Waals surface area contributed by atoms with Gasteiger partial charge in [0, 0.05) is 11.4 Å². The second-order valence-corrected chi connectivity index (χ2v) is 7.55. The first kappa shape index (κ1) is 19.6. The molecule has 1 amide bonds. The Kier molecular flexibility index (Phi) is 6.46. The number of anilines is 2. The zero-order valence-corrected chi connectivity index (χ0v) is 15.7. The number of hydrogen-bond acceptors (Lipinski definition) is 5. The van der Waals surface area contributed by atoms with Gasteiger partial charge in [0.25, 0.3) is 0 Å². The van der Waals surface area contributed by atoms with Crippen molar-refractivity contribution in [2.24, 2.45) is 0 Å². The molecule has 2 rings (SSSR count). The normalized spacial score (nSPS) is 11.1. The summed E-state index contributed by atoms with van der Waals surface area (Å²) in [5.74, 6) is -0.0479. The van der Waals surface area contributed by atoms with Crippen molar-refractivity contribution in [3.05, 3.63) is 48.5 Å². The van der Waals surface area contributed by atoms with Crippen LogP contribution in [0.1, 0.15) is 13.8 Å². The second-order valence-electron chi connectivity index (χ2n) is 5.83. The third-order valence-electron chi connectivity index (χ3n) is 3.19. The Bertz CT molecular complexity index is 831. The lowest BCUT2D eigenvalue weighted by Gasteiger charge is -2.11. The molecule has 0 bridgehead atoms. The fourth-order valence-corrected chi connectivity index (χ4v) is 3.12. The molecule has 0 spiro atoms. The van der Waals surface area contributed by atoms with Gasteiger partial charge in [-0.3, -0.25) is 9.52 Å². The van der Waals surface area contributed by atoms with Crippen LogP contribution in [0.5, 0.6) is 11.5 Å². The Morgan fingerprint density at radius 3 is 2.04 bits per heavy atom. The zero-order chi connectivity index (χ0) is 19.2. The van der Waals surface area contributed by atoms with Gasteiger partial charge < -0.3 is 14.8 Å². The smallest absolute Gasteiger partial charge is 0.241 e. The van der Waals surface area contributed by atoms with E-state index in [0.29, 0.717) is 22.9 Å². The summed E-state index contributed by atoms with van der Waals surface area (Å²) in [6.07, 6.45) is 0.0270. The quantitative estimate of drug-likeness (QED) is 0.737. The third kappa shape index (κ3) is 6.29. The van der Waals surface area contributed by atoms with E-state index in [1.807, 2.05) is 13.8 Å². The number of carbonyl (C=O) groups is 1. The molecule has 2 N–H and O–H groups in total. The summed E-state index contributed by atoms with van der Waals surface area (Å²) in [6.45, 7) is 3.80. The van der Waals surface area contributed by atoms with Gasteiger partial charge >= 0.3 is 0 Å². The van der Waals surface area contributed by atoms with Crippen LogP contribution in [0, 0.1) is 0 Å². The van der Waals surface area contributed by atoms with Crippen molar-refractivity contribution < 1.29 is 22.7 Å². The minimum atomic E-state index is -3.83. The Morgan fingerprint density at radius 1 is 0.962 bits per heavy atom. The van der Waals surface area contributed by atoms with Gasteiger partial charge in [-0.15, -0.1) is 0 Å². The highest BCUT2D eigenvalue weighted by molar-refractivity contribution is 7.93. The number of benzene rings is 2. The number of methoxy groups -OCH3 is 1. The predicted molar refractivity (Wildman–Crippen MR) is 101 cm³/mol. The van der Waals surface area contributed by atoms with E-state index < -0.39 is 21.7 Å². The first-order valence-corrected chi connectivity index (χ1v) is 9.64. The largest absolute Gasteiger partial charge is 0.497 e. The molecule has 0 aliphatic heterocycles. The van der Waals surface area contributed by atoms with Crippen LogP contribution in [0.15, 0.2) is 48.5 Å². The fourth-order valence-electron chi connectivity index (χ4n) is 2.13. The molecule has 0 aliphatic carbocycles. The highest BCUT2D eigenvalue weighted by Crippen LogP contribution is 2.18. The third-order valence-corrected chi connectivity index (χ3v) is 4.38. The maximum absolute atomic E-state index is 12.1. The van der Waals surface area contributed by atoms with E-state index in [1.165, 1.54) is 7.11 Å². The molecule has 140 valence electrons. The lowest BCUT2D eigenvalue weighted by atomic mass is 10.3. The SMILES string of the molecule is COc1ccc(NC(=O)CS(=O)(=O)Nc2ccc(OC(C)C)cc2)cc1. The Morgan fingerprint density at radius 2 is 1.50 bits per heavy atom. The first-order valence-electron chi connectivity index (χ1n) is 7.98. The van der Waals surface area contributed by atoms with E-state index in [-0.39, 0.29) is 6.10 Å². The van der Waals surface area contributed by atoms with E-state index in [2.05, 4.69) is 10.0 Å². The van der Waals surface area contributed by atoms with Gasteiger partial charge in [-0.05, 0) is 62.4 Å². The first-order chi connectivity index (χ1) is 12.3. The number of rotatable bonds is 8. The van der Waals surface area contributed by atoms with E-state index in [0.717, 1.165) is 0 Å². The van der Waals surface area contributed by atoms with Gasteiger partial charge in [0.1, 0.15) is 17.3 Å². The van der Waals surface area contributed by atoms with Crippen molar-refractivity contribution in [3.63, 3.8) is 0 Å². The molecule has 0 saturated carbocycles. The van der Waals surface area contributed by atoms with Gasteiger partial charge in [-0.1, -0.05) is 0 Å². The number of ether oxygens (including phenoxy) is 2. The molecule has 0 saturated heterocycles. The van der Waals surface area contributed by atoms with Crippen LogP contribution in [0.4, 0.5) is 11.4 Å². The minimum absolute atomic E-state index is 0.0270. The number of nitrogens with one attached hydrogen (secondary N) is 2. The van der Waals surface area contributed by atoms with Gasteiger partial charge in [0.15, 0.2) is 0 Å². The van der Waals surface area contributed by atoms with Crippen molar-refractivity contribution >= 4 is 27.3 Å². The molecular weight excluding hydrogens is 356 g/mol. The second kappa shape index (κ2) is 8.57. The van der Waals surface area contributed by atoms with Crippen LogP contribution < -0.4 is 19.5 Å². The molecule has 0 fully saturated rings. The highest BCUT2D eigenvalue weighted by atomic mass is 32.2. The maximum Gasteiger partial charge on any atom is 0.241 e. The van der Waals surface area contributed by atoms with Crippen LogP contribution >= 0.6 is 0 Å². The van der Waals surface area contributed by atoms with E-state index >= 15 is 0 Å². The van der Waals surface area contributed by atoms with Gasteiger partial charge in [-0.2, -0.15) is 0 Å². The van der Waals surface area contributed by atoms with Gasteiger partial charge in [0.2, 0.25) is 15.9 Å². The van der Waals surface area contributed by atoms with Crippen molar-refractivity contribution in [2.75, 3.05) is 22.9 Å². The summed E-state index contributed by atoms with van der Waals surface area (Å²) < 4.78 is 37.2. The lowest BCUT2D eigenvalue weighted by molar-refractivity contribution is -0.113. The summed E-state index contributed by atoms with van der Waals surface area (Å²) in [7, 11) is -2.30. The molecule has 7 nitrogen and oxygen atoms in total. The standard InChI is InChI=1S/C18H22N2O5S/c1-13(2)25-17-10-6-15(7-11-17)20-26(22,23)12-18(21)19-14-4-8-16(24-3)9-5-14/h4-11,13,20H,12H2,1-3H3,(H,19,21). The molecule has 8 heteroatoms. The average Bonchev–Trinajstić information content (AvgIpc) is 2.56. The molecule has 0 radical (unpaired) electrons. The molecule has 0 aliphatic rings. The van der Waals surface area contributed by atoms with Crippen LogP contribution in [-0.2, 0) is 14.8 Å². The van der Waals surface area contributed by atoms with Crippen LogP contribution in [0.2, 0.25) is 0 Å². The van der Waals surface area contributed by atoms with Crippen molar-refractivity contribution in [3.8, 4) is 11.5 Å². The van der Waals surface area contributed by atoms with E-state index in [9.17, 15) is 13.2 Å². The number of carbonyl (C=O) groups excluding carboxylic acids is 1. The molecule has 0 aromatic heterocycles. The Hall–Kier alpha value is -2.74. The maximum atomic E-state index is 12.1. The topological polar surface area (TPSA) is 93.7 Å². The van der Waals surface area contributed by atoms with E-state index in [1.54, 1.807) is 48.5 Å². The molecule has 2 aromatic rings. The summed E-state index contributed by atoms with van der Waals surface area (Å²) in [6, 6.07) is 13.1. The zero-order valence-electron chi connectivity index (χ0n) is 14.9. The summed E-state index contributed by atoms with van der Waals surface area (Å²) in [4.78, 5) is 12.0. The van der Waals surface area contributed by atoms with Crippen LogP contribution in [0.3, 0.4) is 0 Å². The molecule has 2 aromatic carbocycles. The summed E-state index contributed by atoms with van der Waals surface area (Å²) in [5.41, 5.74) is 0.847. The number of sulfonamides is 1. The fraction of sp³-hybridized carbons (Fsp3) is 0.278. The predicted octanol–water partition coefficient (Wildman–Crippen LogP) is 2.86. The molecule has 0 atom stereocenters. The van der Waals surface area contributed by atoms with Crippen molar-refractivity contribution in [2.45, 2.75) is 20.0 Å². The highest BCUT2D eigenvalue weighted by Gasteiger charge is 2.17. The van der Waals surface area contributed by atoms with Crippen molar-refractivity contribution in [1.29, 1.82) is 0 Å². The molecular formula is C18H22N2O5S. The molecule has 26 heavy (non-hydrogen) atoms. The Labute approximate surface area is 153 Å². The minimum Gasteiger partial charge on any atom is -0.497 e. The lowest BCUT2D eigenvalue weighted by Crippen LogP contribution is -2.27.